The molecule has 0 aromatic carbocycles. The maximum Gasteiger partial charge on any atom is 0.223 e. The van der Waals surface area contributed by atoms with Gasteiger partial charge in [-0.3, -0.25) is 9.69 Å². The molecule has 1 saturated heterocycles. The van der Waals surface area contributed by atoms with E-state index in [2.05, 4.69) is 15.2 Å². The van der Waals surface area contributed by atoms with Crippen molar-refractivity contribution in [1.29, 1.82) is 0 Å². The highest BCUT2D eigenvalue weighted by atomic mass is 16.5. The molecular weight excluding hydrogens is 294 g/mol. The summed E-state index contributed by atoms with van der Waals surface area (Å²) >= 11 is 0. The fourth-order valence-electron chi connectivity index (χ4n) is 3.30. The van der Waals surface area contributed by atoms with Crippen LogP contribution >= 0.6 is 0 Å². The van der Waals surface area contributed by atoms with E-state index in [1.807, 2.05) is 18.2 Å². The first kappa shape index (κ1) is 16.2. The molecule has 3 rings (SSSR count). The molecule has 0 unspecified atom stereocenters. The maximum atomic E-state index is 12.2. The molecule has 126 valence electrons. The third kappa shape index (κ3) is 3.82. The van der Waals surface area contributed by atoms with Gasteiger partial charge in [0, 0.05) is 50.2 Å². The van der Waals surface area contributed by atoms with Crippen LogP contribution in [0.2, 0.25) is 0 Å². The van der Waals surface area contributed by atoms with Gasteiger partial charge in [-0.15, -0.1) is 0 Å². The SMILES string of the molecule is COc1cccc(CN2C[C@@H](CO)[C@H](NC(=O)C3CCC3)C2)n1. The monoisotopic (exact) mass is 319 g/mol. The number of pyridine rings is 1. The summed E-state index contributed by atoms with van der Waals surface area (Å²) in [5.41, 5.74) is 0.937. The Morgan fingerprint density at radius 2 is 2.26 bits per heavy atom. The molecule has 2 heterocycles. The summed E-state index contributed by atoms with van der Waals surface area (Å²) in [7, 11) is 1.61. The largest absolute Gasteiger partial charge is 0.481 e. The second-order valence-electron chi connectivity index (χ2n) is 6.55. The fraction of sp³-hybridized carbons (Fsp3) is 0.647. The molecule has 23 heavy (non-hydrogen) atoms. The minimum absolute atomic E-state index is 0.0266. The Bertz CT molecular complexity index is 548. The summed E-state index contributed by atoms with van der Waals surface area (Å²) < 4.78 is 5.15. The van der Waals surface area contributed by atoms with Crippen LogP contribution in [0, 0.1) is 11.8 Å². The van der Waals surface area contributed by atoms with Gasteiger partial charge in [-0.25, -0.2) is 4.98 Å². The number of likely N-dealkylation sites (tertiary alicyclic amines) is 1. The number of nitrogens with zero attached hydrogens (tertiary/aromatic N) is 2. The number of rotatable bonds is 6. The number of ether oxygens (including phenoxy) is 1. The van der Waals surface area contributed by atoms with Gasteiger partial charge in [-0.05, 0) is 18.9 Å². The Balaban J connectivity index is 1.58. The molecule has 1 saturated carbocycles. The lowest BCUT2D eigenvalue weighted by Crippen LogP contribution is -2.45. The topological polar surface area (TPSA) is 74.7 Å². The summed E-state index contributed by atoms with van der Waals surface area (Å²) in [6, 6.07) is 5.75. The van der Waals surface area contributed by atoms with Crippen LogP contribution in [0.15, 0.2) is 18.2 Å². The van der Waals surface area contributed by atoms with Gasteiger partial charge in [0.15, 0.2) is 0 Å². The minimum Gasteiger partial charge on any atom is -0.481 e. The first-order chi connectivity index (χ1) is 11.2. The summed E-state index contributed by atoms with van der Waals surface area (Å²) in [6.45, 7) is 2.31. The van der Waals surface area contributed by atoms with E-state index in [0.29, 0.717) is 12.4 Å². The van der Waals surface area contributed by atoms with Crippen molar-refractivity contribution in [1.82, 2.24) is 15.2 Å². The standard InChI is InChI=1S/C17H25N3O3/c1-23-16-7-3-6-14(18-16)9-20-8-13(11-21)15(10-20)19-17(22)12-4-2-5-12/h3,6-7,12-13,15,21H,2,4-5,8-11H2,1H3,(H,19,22)/t13-,15+/m0/s1. The zero-order valence-electron chi connectivity index (χ0n) is 13.6. The van der Waals surface area contributed by atoms with E-state index < -0.39 is 0 Å². The zero-order chi connectivity index (χ0) is 16.2. The highest BCUT2D eigenvalue weighted by Crippen LogP contribution is 2.27. The predicted molar refractivity (Wildman–Crippen MR) is 85.9 cm³/mol. The van der Waals surface area contributed by atoms with Crippen molar-refractivity contribution >= 4 is 5.91 Å². The molecule has 1 aliphatic carbocycles. The number of carbonyl (C=O) groups is 1. The van der Waals surface area contributed by atoms with E-state index in [1.165, 1.54) is 0 Å². The lowest BCUT2D eigenvalue weighted by molar-refractivity contribution is -0.128. The summed E-state index contributed by atoms with van der Waals surface area (Å²) in [5.74, 6) is 1.03. The molecule has 1 aromatic rings. The Morgan fingerprint density at radius 3 is 2.91 bits per heavy atom. The van der Waals surface area contributed by atoms with Crippen LogP contribution < -0.4 is 10.1 Å². The number of aromatic nitrogens is 1. The zero-order valence-corrected chi connectivity index (χ0v) is 13.6. The molecule has 6 nitrogen and oxygen atoms in total. The fourth-order valence-corrected chi connectivity index (χ4v) is 3.30. The van der Waals surface area contributed by atoms with E-state index in [1.54, 1.807) is 7.11 Å². The molecule has 2 N–H and O–H groups in total. The third-order valence-electron chi connectivity index (χ3n) is 4.93. The van der Waals surface area contributed by atoms with Crippen LogP contribution in [0.4, 0.5) is 0 Å². The van der Waals surface area contributed by atoms with Gasteiger partial charge in [0.1, 0.15) is 0 Å². The highest BCUT2D eigenvalue weighted by Gasteiger charge is 2.35. The smallest absolute Gasteiger partial charge is 0.223 e. The van der Waals surface area contributed by atoms with Crippen LogP contribution in [-0.4, -0.2) is 53.7 Å². The van der Waals surface area contributed by atoms with Gasteiger partial charge in [0.05, 0.1) is 12.8 Å². The van der Waals surface area contributed by atoms with Crippen molar-refractivity contribution in [2.45, 2.75) is 31.8 Å². The van der Waals surface area contributed by atoms with Crippen molar-refractivity contribution in [3.05, 3.63) is 23.9 Å². The van der Waals surface area contributed by atoms with Gasteiger partial charge in [-0.1, -0.05) is 12.5 Å². The van der Waals surface area contributed by atoms with Crippen molar-refractivity contribution in [3.8, 4) is 5.88 Å². The Morgan fingerprint density at radius 1 is 1.43 bits per heavy atom. The normalized spacial score (nSPS) is 25.1. The van der Waals surface area contributed by atoms with Crippen molar-refractivity contribution < 1.29 is 14.6 Å². The molecule has 2 fully saturated rings. The van der Waals surface area contributed by atoms with Gasteiger partial charge < -0.3 is 15.2 Å². The molecule has 1 aliphatic heterocycles. The molecule has 0 bridgehead atoms. The number of methoxy groups -OCH3 is 1. The van der Waals surface area contributed by atoms with Crippen LogP contribution in [0.25, 0.3) is 0 Å². The Labute approximate surface area is 136 Å². The molecule has 6 heteroatoms. The maximum absolute atomic E-state index is 12.2. The second kappa shape index (κ2) is 7.27. The van der Waals surface area contributed by atoms with E-state index in [0.717, 1.165) is 38.0 Å². The van der Waals surface area contributed by atoms with Gasteiger partial charge in [0.25, 0.3) is 0 Å². The number of aliphatic hydroxyl groups is 1. The van der Waals surface area contributed by atoms with E-state index in [-0.39, 0.29) is 30.4 Å². The lowest BCUT2D eigenvalue weighted by Gasteiger charge is -2.27. The van der Waals surface area contributed by atoms with Crippen LogP contribution in [0.3, 0.4) is 0 Å². The van der Waals surface area contributed by atoms with Crippen molar-refractivity contribution in [3.63, 3.8) is 0 Å². The van der Waals surface area contributed by atoms with Crippen LogP contribution in [-0.2, 0) is 11.3 Å². The first-order valence-electron chi connectivity index (χ1n) is 8.33. The van der Waals surface area contributed by atoms with E-state index >= 15 is 0 Å². The number of hydrogen-bond donors (Lipinski definition) is 2. The molecule has 0 radical (unpaired) electrons. The highest BCUT2D eigenvalue weighted by molar-refractivity contribution is 5.79. The summed E-state index contributed by atoms with van der Waals surface area (Å²) in [4.78, 5) is 18.8. The van der Waals surface area contributed by atoms with Crippen molar-refractivity contribution in [2.24, 2.45) is 11.8 Å². The first-order valence-corrected chi connectivity index (χ1v) is 8.33. The van der Waals surface area contributed by atoms with Crippen molar-refractivity contribution in [2.75, 3.05) is 26.8 Å². The quantitative estimate of drug-likeness (QED) is 0.811. The molecule has 1 amide bonds. The van der Waals surface area contributed by atoms with Gasteiger partial charge in [0.2, 0.25) is 11.8 Å². The number of hydrogen-bond acceptors (Lipinski definition) is 5. The average molecular weight is 319 g/mol. The number of nitrogens with one attached hydrogen (secondary N) is 1. The number of amides is 1. The Kier molecular flexibility index (Phi) is 5.13. The summed E-state index contributed by atoms with van der Waals surface area (Å²) in [5, 5.41) is 12.7. The molecule has 1 aromatic heterocycles. The van der Waals surface area contributed by atoms with Crippen LogP contribution in [0.1, 0.15) is 25.0 Å². The molecule has 2 aliphatic rings. The van der Waals surface area contributed by atoms with E-state index in [4.69, 9.17) is 4.74 Å². The number of aliphatic hydroxyl groups excluding tert-OH is 1. The molecule has 0 spiro atoms. The van der Waals surface area contributed by atoms with Crippen LogP contribution in [0.5, 0.6) is 5.88 Å². The second-order valence-corrected chi connectivity index (χ2v) is 6.55. The number of carbonyl (C=O) groups excluding carboxylic acids is 1. The summed E-state index contributed by atoms with van der Waals surface area (Å²) in [6.07, 6.45) is 3.15. The van der Waals surface area contributed by atoms with Gasteiger partial charge >= 0.3 is 0 Å². The lowest BCUT2D eigenvalue weighted by atomic mass is 9.84. The third-order valence-corrected chi connectivity index (χ3v) is 4.93. The average Bonchev–Trinajstić information content (AvgIpc) is 2.87. The Hall–Kier alpha value is -1.66. The van der Waals surface area contributed by atoms with Gasteiger partial charge in [-0.2, -0.15) is 0 Å². The molecule has 2 atom stereocenters. The predicted octanol–water partition coefficient (Wildman–Crippen LogP) is 0.799. The minimum atomic E-state index is 0.0266. The molecular formula is C17H25N3O3. The van der Waals surface area contributed by atoms with E-state index in [9.17, 15) is 9.90 Å².